The Morgan fingerprint density at radius 2 is 2.03 bits per heavy atom. The van der Waals surface area contributed by atoms with Crippen molar-refractivity contribution in [1.29, 1.82) is 0 Å². The van der Waals surface area contributed by atoms with E-state index in [4.69, 9.17) is 14.0 Å². The van der Waals surface area contributed by atoms with E-state index >= 15 is 0 Å². The normalized spacial score (nSPS) is 11.7. The largest absolute Gasteiger partial charge is 0.497 e. The molecule has 3 aromatic rings. The van der Waals surface area contributed by atoms with Crippen molar-refractivity contribution in [2.75, 3.05) is 7.11 Å². The summed E-state index contributed by atoms with van der Waals surface area (Å²) in [6, 6.07) is 9.22. The van der Waals surface area contributed by atoms with Gasteiger partial charge in [-0.1, -0.05) is 17.3 Å². The summed E-state index contributed by atoms with van der Waals surface area (Å²) < 4.78 is 15.4. The van der Waals surface area contributed by atoms with Gasteiger partial charge in [0.15, 0.2) is 6.10 Å². The Hall–Kier alpha value is -3.20. The molecule has 2 aromatic heterocycles. The molecule has 0 saturated carbocycles. The van der Waals surface area contributed by atoms with E-state index in [2.05, 4.69) is 15.5 Å². The fourth-order valence-corrected chi connectivity index (χ4v) is 3.09. The first-order valence-corrected chi connectivity index (χ1v) is 9.94. The Morgan fingerprint density at radius 1 is 1.24 bits per heavy atom. The van der Waals surface area contributed by atoms with E-state index in [9.17, 15) is 9.59 Å². The topological polar surface area (TPSA) is 104 Å². The summed E-state index contributed by atoms with van der Waals surface area (Å²) in [5, 5.41) is 10.5. The highest BCUT2D eigenvalue weighted by Gasteiger charge is 2.18. The van der Waals surface area contributed by atoms with Gasteiger partial charge in [0.25, 0.3) is 5.91 Å². The number of carbonyl (C=O) groups excluding carboxylic acids is 2. The third-order valence-electron chi connectivity index (χ3n) is 4.09. The molecule has 1 N–H and O–H groups in total. The Bertz CT molecular complexity index is 937. The van der Waals surface area contributed by atoms with Gasteiger partial charge in [-0.3, -0.25) is 9.59 Å². The average molecular weight is 415 g/mol. The maximum absolute atomic E-state index is 12.1. The minimum atomic E-state index is -0.898. The molecule has 1 atom stereocenters. The number of thiophene rings is 1. The van der Waals surface area contributed by atoms with Crippen LogP contribution in [0.3, 0.4) is 0 Å². The third kappa shape index (κ3) is 5.89. The maximum Gasteiger partial charge on any atom is 0.307 e. The summed E-state index contributed by atoms with van der Waals surface area (Å²) in [6.45, 7) is 1.86. The van der Waals surface area contributed by atoms with Gasteiger partial charge < -0.3 is 19.3 Å². The molecular formula is C20H21N3O5S. The molecule has 29 heavy (non-hydrogen) atoms. The Kier molecular flexibility index (Phi) is 6.96. The SMILES string of the molecule is COc1ccc(CNC(=O)[C@H](C)OC(=O)CCc2nc(-c3ccsc3)no2)cc1. The molecule has 0 unspecified atom stereocenters. The van der Waals surface area contributed by atoms with E-state index in [0.29, 0.717) is 18.3 Å². The molecular weight excluding hydrogens is 394 g/mol. The molecule has 0 spiro atoms. The van der Waals surface area contributed by atoms with Gasteiger partial charge in [0.05, 0.1) is 13.5 Å². The van der Waals surface area contributed by atoms with Gasteiger partial charge >= 0.3 is 5.97 Å². The Labute approximate surface area is 171 Å². The second kappa shape index (κ2) is 9.83. The van der Waals surface area contributed by atoms with Crippen LogP contribution in [-0.4, -0.2) is 35.2 Å². The number of nitrogens with zero attached hydrogens (tertiary/aromatic N) is 2. The number of aromatic nitrogens is 2. The van der Waals surface area contributed by atoms with E-state index in [1.165, 1.54) is 18.3 Å². The van der Waals surface area contributed by atoms with Crippen LogP contribution in [0.25, 0.3) is 11.4 Å². The summed E-state index contributed by atoms with van der Waals surface area (Å²) in [7, 11) is 1.59. The standard InChI is InChI=1S/C20H21N3O5S/c1-13(20(25)21-11-14-3-5-16(26-2)6-4-14)27-18(24)8-7-17-22-19(23-28-17)15-9-10-29-12-15/h3-6,9-10,12-13H,7-8,11H2,1-2H3,(H,21,25)/t13-/m0/s1. The summed E-state index contributed by atoms with van der Waals surface area (Å²) in [5.41, 5.74) is 1.78. The van der Waals surface area contributed by atoms with Crippen molar-refractivity contribution >= 4 is 23.2 Å². The van der Waals surface area contributed by atoms with Crippen molar-refractivity contribution < 1.29 is 23.6 Å². The first-order chi connectivity index (χ1) is 14.0. The van der Waals surface area contributed by atoms with Crippen molar-refractivity contribution in [2.45, 2.75) is 32.4 Å². The fraction of sp³-hybridized carbons (Fsp3) is 0.300. The highest BCUT2D eigenvalue weighted by Crippen LogP contribution is 2.19. The minimum Gasteiger partial charge on any atom is -0.497 e. The lowest BCUT2D eigenvalue weighted by Crippen LogP contribution is -2.35. The van der Waals surface area contributed by atoms with Crippen LogP contribution in [0.5, 0.6) is 5.75 Å². The second-order valence-corrected chi connectivity index (χ2v) is 7.00. The van der Waals surface area contributed by atoms with Crippen molar-refractivity contribution in [3.63, 3.8) is 0 Å². The summed E-state index contributed by atoms with van der Waals surface area (Å²) >= 11 is 1.54. The highest BCUT2D eigenvalue weighted by molar-refractivity contribution is 7.08. The van der Waals surface area contributed by atoms with Crippen LogP contribution < -0.4 is 10.1 Å². The van der Waals surface area contributed by atoms with Crippen LogP contribution in [-0.2, 0) is 27.3 Å². The number of rotatable bonds is 9. The van der Waals surface area contributed by atoms with Crippen LogP contribution in [0.1, 0.15) is 24.8 Å². The zero-order chi connectivity index (χ0) is 20.6. The Morgan fingerprint density at radius 3 is 2.72 bits per heavy atom. The fourth-order valence-electron chi connectivity index (χ4n) is 2.46. The number of carbonyl (C=O) groups is 2. The number of methoxy groups -OCH3 is 1. The van der Waals surface area contributed by atoms with E-state index in [1.807, 2.05) is 41.1 Å². The van der Waals surface area contributed by atoms with E-state index in [-0.39, 0.29) is 18.7 Å². The van der Waals surface area contributed by atoms with Gasteiger partial charge in [0.2, 0.25) is 11.7 Å². The number of esters is 1. The number of nitrogens with one attached hydrogen (secondary N) is 1. The van der Waals surface area contributed by atoms with E-state index in [0.717, 1.165) is 16.9 Å². The molecule has 1 aromatic carbocycles. The minimum absolute atomic E-state index is 0.0430. The maximum atomic E-state index is 12.1. The number of hydrogen-bond acceptors (Lipinski definition) is 8. The van der Waals surface area contributed by atoms with Crippen LogP contribution in [0.15, 0.2) is 45.6 Å². The number of hydrogen-bond donors (Lipinski definition) is 1. The average Bonchev–Trinajstić information content (AvgIpc) is 3.42. The molecule has 1 amide bonds. The lowest BCUT2D eigenvalue weighted by molar-refractivity contribution is -0.154. The van der Waals surface area contributed by atoms with Crippen LogP contribution >= 0.6 is 11.3 Å². The lowest BCUT2D eigenvalue weighted by Gasteiger charge is -2.13. The van der Waals surface area contributed by atoms with Crippen LogP contribution in [0, 0.1) is 0 Å². The van der Waals surface area contributed by atoms with Gasteiger partial charge in [0, 0.05) is 23.9 Å². The predicted octanol–water partition coefficient (Wildman–Crippen LogP) is 2.99. The molecule has 8 nitrogen and oxygen atoms in total. The molecule has 3 rings (SSSR count). The second-order valence-electron chi connectivity index (χ2n) is 6.22. The number of amides is 1. The first kappa shape index (κ1) is 20.5. The Balaban J connectivity index is 1.40. The number of aryl methyl sites for hydroxylation is 1. The molecule has 0 radical (unpaired) electrons. The quantitative estimate of drug-likeness (QED) is 0.536. The molecule has 0 aliphatic rings. The molecule has 0 fully saturated rings. The van der Waals surface area contributed by atoms with Gasteiger partial charge in [-0.25, -0.2) is 0 Å². The summed E-state index contributed by atoms with van der Waals surface area (Å²) in [6.07, 6.45) is -0.609. The summed E-state index contributed by atoms with van der Waals surface area (Å²) in [4.78, 5) is 28.4. The van der Waals surface area contributed by atoms with Gasteiger partial charge in [0.1, 0.15) is 5.75 Å². The van der Waals surface area contributed by atoms with Crippen molar-refractivity contribution in [3.8, 4) is 17.1 Å². The number of benzene rings is 1. The molecule has 2 heterocycles. The highest BCUT2D eigenvalue weighted by atomic mass is 32.1. The number of ether oxygens (including phenoxy) is 2. The predicted molar refractivity (Wildman–Crippen MR) is 106 cm³/mol. The van der Waals surface area contributed by atoms with E-state index in [1.54, 1.807) is 7.11 Å². The molecule has 0 aliphatic heterocycles. The third-order valence-corrected chi connectivity index (χ3v) is 4.78. The molecule has 0 saturated heterocycles. The molecule has 0 bridgehead atoms. The summed E-state index contributed by atoms with van der Waals surface area (Å²) in [5.74, 6) is 0.700. The van der Waals surface area contributed by atoms with Crippen molar-refractivity contribution in [2.24, 2.45) is 0 Å². The molecule has 0 aliphatic carbocycles. The zero-order valence-corrected chi connectivity index (χ0v) is 16.9. The van der Waals surface area contributed by atoms with Crippen molar-refractivity contribution in [3.05, 3.63) is 52.5 Å². The van der Waals surface area contributed by atoms with E-state index < -0.39 is 12.1 Å². The lowest BCUT2D eigenvalue weighted by atomic mass is 10.2. The molecule has 152 valence electrons. The van der Waals surface area contributed by atoms with Gasteiger partial charge in [-0.2, -0.15) is 16.3 Å². The van der Waals surface area contributed by atoms with Crippen LogP contribution in [0.4, 0.5) is 0 Å². The van der Waals surface area contributed by atoms with Gasteiger partial charge in [-0.15, -0.1) is 0 Å². The van der Waals surface area contributed by atoms with Crippen LogP contribution in [0.2, 0.25) is 0 Å². The molecule has 9 heteroatoms. The smallest absolute Gasteiger partial charge is 0.307 e. The van der Waals surface area contributed by atoms with Crippen molar-refractivity contribution in [1.82, 2.24) is 15.5 Å². The zero-order valence-electron chi connectivity index (χ0n) is 16.1. The monoisotopic (exact) mass is 415 g/mol. The first-order valence-electron chi connectivity index (χ1n) is 9.00. The van der Waals surface area contributed by atoms with Gasteiger partial charge in [-0.05, 0) is 36.1 Å².